The van der Waals surface area contributed by atoms with Crippen molar-refractivity contribution in [3.05, 3.63) is 18.0 Å². The minimum absolute atomic E-state index is 0.240. The molecule has 2 saturated heterocycles. The molecule has 0 radical (unpaired) electrons. The normalized spacial score (nSPS) is 28.6. The number of aromatic nitrogens is 2. The van der Waals surface area contributed by atoms with E-state index in [1.807, 2.05) is 39.8 Å². The molecule has 2 atom stereocenters. The maximum atomic E-state index is 12.6. The molecule has 2 unspecified atom stereocenters. The fraction of sp³-hybridized carbons (Fsp3) is 0.722. The lowest BCUT2D eigenvalue weighted by molar-refractivity contribution is -0.141. The van der Waals surface area contributed by atoms with Gasteiger partial charge in [0.05, 0.1) is 30.9 Å². The van der Waals surface area contributed by atoms with Crippen molar-refractivity contribution in [2.24, 2.45) is 0 Å². The number of piperidine rings is 1. The highest BCUT2D eigenvalue weighted by molar-refractivity contribution is 5.69. The average Bonchev–Trinajstić information content (AvgIpc) is 2.52. The Morgan fingerprint density at radius 1 is 1.27 bits per heavy atom. The summed E-state index contributed by atoms with van der Waals surface area (Å²) in [6.45, 7) is 6.31. The molecule has 2 aliphatic rings. The molecule has 144 valence electrons. The van der Waals surface area contributed by atoms with Crippen LogP contribution in [0.3, 0.4) is 0 Å². The van der Waals surface area contributed by atoms with Crippen molar-refractivity contribution in [2.75, 3.05) is 32.2 Å². The van der Waals surface area contributed by atoms with E-state index in [1.54, 1.807) is 17.3 Å². The van der Waals surface area contributed by atoms with E-state index in [0.29, 0.717) is 37.6 Å². The van der Waals surface area contributed by atoms with Crippen LogP contribution in [0.4, 0.5) is 10.7 Å². The van der Waals surface area contributed by atoms with E-state index in [4.69, 9.17) is 9.47 Å². The third-order valence-corrected chi connectivity index (χ3v) is 4.73. The van der Waals surface area contributed by atoms with Crippen molar-refractivity contribution in [1.29, 1.82) is 0 Å². The Hall–Kier alpha value is -1.93. The van der Waals surface area contributed by atoms with Gasteiger partial charge in [0.25, 0.3) is 0 Å². The second kappa shape index (κ2) is 6.66. The number of rotatable bonds is 2. The first-order valence-corrected chi connectivity index (χ1v) is 8.90. The van der Waals surface area contributed by atoms with Gasteiger partial charge in [-0.1, -0.05) is 0 Å². The summed E-state index contributed by atoms with van der Waals surface area (Å²) in [4.78, 5) is 24.8. The van der Waals surface area contributed by atoms with Crippen molar-refractivity contribution >= 4 is 12.0 Å². The van der Waals surface area contributed by atoms with Crippen molar-refractivity contribution in [3.63, 3.8) is 0 Å². The van der Waals surface area contributed by atoms with Crippen molar-refractivity contribution < 1.29 is 19.4 Å². The number of carbonyl (C=O) groups is 1. The van der Waals surface area contributed by atoms with Gasteiger partial charge in [0, 0.05) is 44.9 Å². The van der Waals surface area contributed by atoms with Gasteiger partial charge in [-0.05, 0) is 20.8 Å². The van der Waals surface area contributed by atoms with Crippen molar-refractivity contribution in [2.45, 2.75) is 56.9 Å². The first-order valence-electron chi connectivity index (χ1n) is 8.90. The van der Waals surface area contributed by atoms with E-state index in [9.17, 15) is 9.90 Å². The summed E-state index contributed by atoms with van der Waals surface area (Å²) >= 11 is 0. The molecule has 0 spiro atoms. The summed E-state index contributed by atoms with van der Waals surface area (Å²) in [6, 6.07) is -0.480. The van der Waals surface area contributed by atoms with Gasteiger partial charge in [-0.25, -0.2) is 14.8 Å². The SMILES string of the molecule is CN(C)c1ncc(C2(O)CC3COCC(C2)N3C(=O)OC(C)(C)C)cn1. The minimum atomic E-state index is -1.08. The molecule has 26 heavy (non-hydrogen) atoms. The molecule has 0 aliphatic carbocycles. The molecule has 0 aromatic carbocycles. The van der Waals surface area contributed by atoms with Crippen LogP contribution in [0.2, 0.25) is 0 Å². The lowest BCUT2D eigenvalue weighted by Crippen LogP contribution is -2.63. The number of ether oxygens (including phenoxy) is 2. The fourth-order valence-electron chi connectivity index (χ4n) is 3.62. The van der Waals surface area contributed by atoms with Gasteiger partial charge in [0.1, 0.15) is 5.60 Å². The van der Waals surface area contributed by atoms with Gasteiger partial charge >= 0.3 is 6.09 Å². The molecule has 8 heteroatoms. The van der Waals surface area contributed by atoms with Crippen LogP contribution in [0.25, 0.3) is 0 Å². The smallest absolute Gasteiger partial charge is 0.410 e. The first kappa shape index (κ1) is 18.8. The van der Waals surface area contributed by atoms with Crippen LogP contribution in [-0.2, 0) is 15.1 Å². The number of amides is 1. The molecular formula is C18H28N4O4. The second-order valence-electron chi connectivity index (χ2n) is 8.34. The number of hydrogen-bond donors (Lipinski definition) is 1. The monoisotopic (exact) mass is 364 g/mol. The Kier molecular flexibility index (Phi) is 4.83. The topological polar surface area (TPSA) is 88.0 Å². The third-order valence-electron chi connectivity index (χ3n) is 4.73. The Bertz CT molecular complexity index is 642. The van der Waals surface area contributed by atoms with E-state index in [1.165, 1.54) is 0 Å². The van der Waals surface area contributed by atoms with Gasteiger partial charge in [-0.3, -0.25) is 4.90 Å². The van der Waals surface area contributed by atoms with Gasteiger partial charge in [0.2, 0.25) is 5.95 Å². The number of anilines is 1. The number of aliphatic hydroxyl groups is 1. The molecule has 1 N–H and O–H groups in total. The van der Waals surface area contributed by atoms with Crippen LogP contribution in [0, 0.1) is 0 Å². The number of carbonyl (C=O) groups excluding carboxylic acids is 1. The molecule has 1 amide bonds. The van der Waals surface area contributed by atoms with Crippen LogP contribution in [0.1, 0.15) is 39.2 Å². The third kappa shape index (κ3) is 3.76. The van der Waals surface area contributed by atoms with E-state index in [2.05, 4.69) is 9.97 Å². The minimum Gasteiger partial charge on any atom is -0.444 e. The van der Waals surface area contributed by atoms with E-state index < -0.39 is 11.2 Å². The van der Waals surface area contributed by atoms with Crippen LogP contribution in [0.15, 0.2) is 12.4 Å². The summed E-state index contributed by atoms with van der Waals surface area (Å²) in [5, 5.41) is 11.3. The average molecular weight is 364 g/mol. The second-order valence-corrected chi connectivity index (χ2v) is 8.34. The lowest BCUT2D eigenvalue weighted by Gasteiger charge is -2.51. The number of morpholine rings is 1. The molecule has 3 rings (SSSR count). The first-order chi connectivity index (χ1) is 12.1. The van der Waals surface area contributed by atoms with E-state index >= 15 is 0 Å². The summed E-state index contributed by atoms with van der Waals surface area (Å²) in [6.07, 6.45) is 3.72. The molecule has 8 nitrogen and oxygen atoms in total. The Morgan fingerprint density at radius 3 is 2.27 bits per heavy atom. The molecule has 2 fully saturated rings. The van der Waals surface area contributed by atoms with Crippen LogP contribution >= 0.6 is 0 Å². The molecule has 1 aromatic rings. The molecule has 2 aliphatic heterocycles. The quantitative estimate of drug-likeness (QED) is 0.851. The zero-order valence-corrected chi connectivity index (χ0v) is 16.1. The molecule has 3 heterocycles. The van der Waals surface area contributed by atoms with Gasteiger partial charge in [-0.2, -0.15) is 0 Å². The van der Waals surface area contributed by atoms with Crippen LogP contribution in [-0.4, -0.2) is 71.1 Å². The zero-order valence-electron chi connectivity index (χ0n) is 16.1. The molecular weight excluding hydrogens is 336 g/mol. The Morgan fingerprint density at radius 2 is 1.81 bits per heavy atom. The summed E-state index contributed by atoms with van der Waals surface area (Å²) in [5.74, 6) is 0.590. The summed E-state index contributed by atoms with van der Waals surface area (Å²) in [5.41, 5.74) is -0.970. The summed E-state index contributed by atoms with van der Waals surface area (Å²) in [7, 11) is 3.73. The maximum absolute atomic E-state index is 12.6. The molecule has 1 aromatic heterocycles. The van der Waals surface area contributed by atoms with Gasteiger partial charge in [0.15, 0.2) is 0 Å². The maximum Gasteiger partial charge on any atom is 0.410 e. The lowest BCUT2D eigenvalue weighted by atomic mass is 9.78. The van der Waals surface area contributed by atoms with Crippen molar-refractivity contribution in [1.82, 2.24) is 14.9 Å². The number of nitrogens with zero attached hydrogens (tertiary/aromatic N) is 4. The highest BCUT2D eigenvalue weighted by Crippen LogP contribution is 2.41. The zero-order chi connectivity index (χ0) is 19.1. The van der Waals surface area contributed by atoms with Crippen LogP contribution in [0.5, 0.6) is 0 Å². The van der Waals surface area contributed by atoms with Gasteiger partial charge < -0.3 is 19.5 Å². The van der Waals surface area contributed by atoms with Crippen molar-refractivity contribution in [3.8, 4) is 0 Å². The predicted molar refractivity (Wildman–Crippen MR) is 96.0 cm³/mol. The standard InChI is InChI=1S/C18H28N4O4/c1-17(2,3)26-16(23)22-13-6-18(24,7-14(22)11-25-10-13)12-8-19-15(20-9-12)21(4)5/h8-9,13-14,24H,6-7,10-11H2,1-5H3. The molecule has 0 saturated carbocycles. The van der Waals surface area contributed by atoms with Crippen LogP contribution < -0.4 is 4.90 Å². The van der Waals surface area contributed by atoms with E-state index in [0.717, 1.165) is 0 Å². The number of fused-ring (bicyclic) bond motifs is 2. The Balaban J connectivity index is 1.81. The molecule has 2 bridgehead atoms. The highest BCUT2D eigenvalue weighted by atomic mass is 16.6. The fourth-order valence-corrected chi connectivity index (χ4v) is 3.62. The largest absolute Gasteiger partial charge is 0.444 e. The van der Waals surface area contributed by atoms with Gasteiger partial charge in [-0.15, -0.1) is 0 Å². The predicted octanol–water partition coefficient (Wildman–Crippen LogP) is 1.53. The Labute approximate surface area is 154 Å². The summed E-state index contributed by atoms with van der Waals surface area (Å²) < 4.78 is 11.2. The van der Waals surface area contributed by atoms with E-state index in [-0.39, 0.29) is 18.2 Å². The highest BCUT2D eigenvalue weighted by Gasteiger charge is 2.50. The number of hydrogen-bond acceptors (Lipinski definition) is 7.